The molecule has 0 heterocycles. The second-order valence-corrected chi connectivity index (χ2v) is 11.0. The highest BCUT2D eigenvalue weighted by atomic mass is 35.5. The SMILES string of the molecule is Clc1c(N(c2ccccc2)c2ccccc2)cccc1N(c1ccccc1)c1ccc(-c2cccc3c2CCC3)cc1. The summed E-state index contributed by atoms with van der Waals surface area (Å²) in [6.07, 6.45) is 3.58. The minimum atomic E-state index is 0.680. The summed E-state index contributed by atoms with van der Waals surface area (Å²) in [5.41, 5.74) is 11.7. The topological polar surface area (TPSA) is 6.48 Å². The number of benzene rings is 6. The lowest BCUT2D eigenvalue weighted by Gasteiger charge is -2.31. The lowest BCUT2D eigenvalue weighted by molar-refractivity contribution is 0.912. The first-order valence-corrected chi connectivity index (χ1v) is 14.9. The summed E-state index contributed by atoms with van der Waals surface area (Å²) in [5, 5.41) is 0.680. The Labute approximate surface area is 253 Å². The van der Waals surface area contributed by atoms with E-state index in [1.54, 1.807) is 0 Å². The van der Waals surface area contributed by atoms with E-state index in [1.165, 1.54) is 35.1 Å². The van der Waals surface area contributed by atoms with E-state index in [-0.39, 0.29) is 0 Å². The van der Waals surface area contributed by atoms with E-state index in [0.717, 1.165) is 40.5 Å². The zero-order valence-electron chi connectivity index (χ0n) is 23.3. The van der Waals surface area contributed by atoms with Crippen molar-refractivity contribution in [2.24, 2.45) is 0 Å². The van der Waals surface area contributed by atoms with Crippen molar-refractivity contribution in [1.29, 1.82) is 0 Å². The molecule has 1 aliphatic rings. The van der Waals surface area contributed by atoms with Crippen molar-refractivity contribution in [3.63, 3.8) is 0 Å². The molecule has 0 fully saturated rings. The van der Waals surface area contributed by atoms with Crippen molar-refractivity contribution < 1.29 is 0 Å². The van der Waals surface area contributed by atoms with Crippen molar-refractivity contribution in [3.8, 4) is 11.1 Å². The normalized spacial score (nSPS) is 12.1. The van der Waals surface area contributed by atoms with Gasteiger partial charge in [-0.25, -0.2) is 0 Å². The van der Waals surface area contributed by atoms with Crippen molar-refractivity contribution >= 4 is 45.7 Å². The van der Waals surface area contributed by atoms with Crippen molar-refractivity contribution in [1.82, 2.24) is 0 Å². The Hall–Kier alpha value is -4.79. The van der Waals surface area contributed by atoms with Gasteiger partial charge in [0.1, 0.15) is 0 Å². The number of fused-ring (bicyclic) bond motifs is 1. The molecular weight excluding hydrogens is 532 g/mol. The summed E-state index contributed by atoms with van der Waals surface area (Å²) in [7, 11) is 0. The van der Waals surface area contributed by atoms with Crippen molar-refractivity contribution in [3.05, 3.63) is 168 Å². The Morgan fingerprint density at radius 1 is 0.429 bits per heavy atom. The number of rotatable bonds is 7. The Bertz CT molecular complexity index is 1760. The van der Waals surface area contributed by atoms with Gasteiger partial charge in [0.2, 0.25) is 0 Å². The minimum absolute atomic E-state index is 0.680. The summed E-state index contributed by atoms with van der Waals surface area (Å²) in [6.45, 7) is 0. The third-order valence-corrected chi connectivity index (χ3v) is 8.45. The molecule has 0 saturated heterocycles. The number of hydrogen-bond donors (Lipinski definition) is 0. The van der Waals surface area contributed by atoms with Crippen LogP contribution in [-0.2, 0) is 12.8 Å². The first-order valence-electron chi connectivity index (χ1n) is 14.5. The molecule has 3 heteroatoms. The van der Waals surface area contributed by atoms with Crippen LogP contribution in [0.5, 0.6) is 0 Å². The molecule has 204 valence electrons. The standard InChI is InChI=1S/C39H31ClN2/c40-39-37(41(31-15-4-1-5-16-31)32-17-6-2-7-18-32)23-12-24-38(39)42(33-19-8-3-9-20-33)34-27-25-30(26-28-34)36-22-11-14-29-13-10-21-35(29)36/h1-9,11-12,14-20,22-28H,10,13,21H2. The number of para-hydroxylation sites is 3. The van der Waals surface area contributed by atoms with Gasteiger partial charge in [-0.3, -0.25) is 0 Å². The Morgan fingerprint density at radius 3 is 1.43 bits per heavy atom. The molecule has 0 saturated carbocycles. The van der Waals surface area contributed by atoms with Gasteiger partial charge in [0, 0.05) is 22.7 Å². The van der Waals surface area contributed by atoms with Gasteiger partial charge in [-0.15, -0.1) is 0 Å². The summed E-state index contributed by atoms with van der Waals surface area (Å²) >= 11 is 7.41. The third-order valence-electron chi connectivity index (χ3n) is 8.07. The number of hydrogen-bond acceptors (Lipinski definition) is 2. The summed E-state index contributed by atoms with van der Waals surface area (Å²) in [4.78, 5) is 4.47. The second-order valence-electron chi connectivity index (χ2n) is 10.6. The summed E-state index contributed by atoms with van der Waals surface area (Å²) < 4.78 is 0. The fourth-order valence-corrected chi connectivity index (χ4v) is 6.41. The van der Waals surface area contributed by atoms with E-state index in [1.807, 2.05) is 18.2 Å². The fraction of sp³-hybridized carbons (Fsp3) is 0.0769. The predicted molar refractivity (Wildman–Crippen MR) is 178 cm³/mol. The van der Waals surface area contributed by atoms with Gasteiger partial charge in [0.25, 0.3) is 0 Å². The van der Waals surface area contributed by atoms with Crippen LogP contribution in [0.4, 0.5) is 34.1 Å². The van der Waals surface area contributed by atoms with E-state index in [4.69, 9.17) is 11.6 Å². The quantitative estimate of drug-likeness (QED) is 0.191. The maximum atomic E-state index is 7.41. The highest BCUT2D eigenvalue weighted by Crippen LogP contribution is 2.46. The Morgan fingerprint density at radius 2 is 0.905 bits per heavy atom. The van der Waals surface area contributed by atoms with Gasteiger partial charge in [-0.1, -0.05) is 103 Å². The van der Waals surface area contributed by atoms with E-state index < -0.39 is 0 Å². The molecule has 0 spiro atoms. The van der Waals surface area contributed by atoms with Crippen LogP contribution in [0.15, 0.2) is 152 Å². The lowest BCUT2D eigenvalue weighted by atomic mass is 9.96. The molecule has 0 N–H and O–H groups in total. The highest BCUT2D eigenvalue weighted by Gasteiger charge is 2.22. The van der Waals surface area contributed by atoms with Gasteiger partial charge >= 0.3 is 0 Å². The van der Waals surface area contributed by atoms with Gasteiger partial charge in [-0.05, 0) is 102 Å². The fourth-order valence-electron chi connectivity index (χ4n) is 6.12. The molecule has 0 bridgehead atoms. The van der Waals surface area contributed by atoms with Crippen LogP contribution in [0.3, 0.4) is 0 Å². The molecule has 6 aromatic carbocycles. The molecule has 0 unspecified atom stereocenters. The van der Waals surface area contributed by atoms with Gasteiger partial charge in [-0.2, -0.15) is 0 Å². The number of anilines is 6. The second kappa shape index (κ2) is 11.6. The highest BCUT2D eigenvalue weighted by molar-refractivity contribution is 6.36. The van der Waals surface area contributed by atoms with Crippen LogP contribution in [0.2, 0.25) is 5.02 Å². The van der Waals surface area contributed by atoms with E-state index in [0.29, 0.717) is 5.02 Å². The summed E-state index contributed by atoms with van der Waals surface area (Å²) in [6, 6.07) is 53.2. The van der Waals surface area contributed by atoms with Crippen LogP contribution >= 0.6 is 11.6 Å². The van der Waals surface area contributed by atoms with E-state index in [9.17, 15) is 0 Å². The summed E-state index contributed by atoms with van der Waals surface area (Å²) in [5.74, 6) is 0. The molecule has 6 aromatic rings. The number of aryl methyl sites for hydroxylation is 1. The monoisotopic (exact) mass is 562 g/mol. The first kappa shape index (κ1) is 26.1. The zero-order valence-corrected chi connectivity index (χ0v) is 24.1. The maximum Gasteiger partial charge on any atom is 0.0887 e. The molecule has 42 heavy (non-hydrogen) atoms. The van der Waals surface area contributed by atoms with Gasteiger partial charge in [0.05, 0.1) is 16.4 Å². The van der Waals surface area contributed by atoms with Crippen LogP contribution in [0.25, 0.3) is 11.1 Å². The predicted octanol–water partition coefficient (Wildman–Crippen LogP) is 11.4. The lowest BCUT2D eigenvalue weighted by Crippen LogP contribution is -2.14. The Kier molecular flexibility index (Phi) is 7.22. The number of nitrogens with zero attached hydrogens (tertiary/aromatic N) is 2. The van der Waals surface area contributed by atoms with Crippen LogP contribution in [0.1, 0.15) is 17.5 Å². The first-order chi connectivity index (χ1) is 20.8. The molecule has 0 aliphatic heterocycles. The molecule has 0 aromatic heterocycles. The van der Waals surface area contributed by atoms with E-state index in [2.05, 4.69) is 143 Å². The van der Waals surface area contributed by atoms with Gasteiger partial charge in [0.15, 0.2) is 0 Å². The largest absolute Gasteiger partial charge is 0.309 e. The molecular formula is C39H31ClN2. The van der Waals surface area contributed by atoms with Crippen molar-refractivity contribution in [2.75, 3.05) is 9.80 Å². The molecule has 0 radical (unpaired) electrons. The molecule has 2 nitrogen and oxygen atoms in total. The smallest absolute Gasteiger partial charge is 0.0887 e. The number of halogens is 1. The average molecular weight is 563 g/mol. The third kappa shape index (κ3) is 4.95. The van der Waals surface area contributed by atoms with Crippen molar-refractivity contribution in [2.45, 2.75) is 19.3 Å². The average Bonchev–Trinajstić information content (AvgIpc) is 3.54. The van der Waals surface area contributed by atoms with E-state index >= 15 is 0 Å². The van der Waals surface area contributed by atoms with Crippen LogP contribution < -0.4 is 9.80 Å². The van der Waals surface area contributed by atoms with Crippen LogP contribution in [0, 0.1) is 0 Å². The molecule has 7 rings (SSSR count). The molecule has 0 atom stereocenters. The van der Waals surface area contributed by atoms with Crippen LogP contribution in [-0.4, -0.2) is 0 Å². The zero-order chi connectivity index (χ0) is 28.3. The van der Waals surface area contributed by atoms with Gasteiger partial charge < -0.3 is 9.80 Å². The molecule has 1 aliphatic carbocycles. The Balaban J connectivity index is 1.35. The maximum absolute atomic E-state index is 7.41. The molecule has 0 amide bonds. The minimum Gasteiger partial charge on any atom is -0.309 e.